The standard InChI is InChI=1S/C61H96O27/c1-12-24(2)51(78)88-49-48(75)56(5,6)19-28-27-13-14-32-58(9)17-16-34(57(7,8)31(58)15-18-59(32,10)60(27,11)20-33(65)61(28,49)23-79-26(4)64)83-55-47(87-53-42(73)39(70)36(67)29(21-62)81-53)44(43(74)45(85-55)50(76)77)84-54-46(40(71)37(68)30(22-63)82-54)86-52-41(72)38(69)35(66)25(3)80-52/h12-13,25,28-49,52-55,62-63,65-75H,14-23H2,1-11H3,(H,76,77). The van der Waals surface area contributed by atoms with E-state index < -0.39 is 217 Å². The van der Waals surface area contributed by atoms with Crippen LogP contribution in [0.2, 0.25) is 0 Å². The summed E-state index contributed by atoms with van der Waals surface area (Å²) in [4.78, 5) is 39.6. The number of hydrogen-bond acceptors (Lipinski definition) is 26. The van der Waals surface area contributed by atoms with Crippen LogP contribution in [0.25, 0.3) is 0 Å². The summed E-state index contributed by atoms with van der Waals surface area (Å²) in [5, 5.41) is 156. The summed E-state index contributed by atoms with van der Waals surface area (Å²) in [6, 6.07) is 0. The molecule has 9 aliphatic rings. The summed E-state index contributed by atoms with van der Waals surface area (Å²) in [6.45, 7) is 18.3. The van der Waals surface area contributed by atoms with E-state index >= 15 is 0 Å². The lowest BCUT2D eigenvalue weighted by molar-refractivity contribution is -0.406. The van der Waals surface area contributed by atoms with Crippen LogP contribution in [0.3, 0.4) is 0 Å². The first kappa shape index (κ1) is 69.4. The lowest BCUT2D eigenvalue weighted by Gasteiger charge is -2.72. The van der Waals surface area contributed by atoms with E-state index in [1.807, 2.05) is 27.7 Å². The lowest BCUT2D eigenvalue weighted by Crippen LogP contribution is -2.72. The van der Waals surface area contributed by atoms with Crippen molar-refractivity contribution in [3.05, 3.63) is 23.3 Å². The van der Waals surface area contributed by atoms with Gasteiger partial charge in [-0.2, -0.15) is 0 Å². The maximum absolute atomic E-state index is 13.7. The fraction of sp³-hybridized carbons (Fsp3) is 0.885. The van der Waals surface area contributed by atoms with Crippen molar-refractivity contribution in [2.75, 3.05) is 19.8 Å². The smallest absolute Gasteiger partial charge is 0.335 e. The molecule has 4 aliphatic heterocycles. The molecule has 27 heteroatoms. The highest BCUT2D eigenvalue weighted by Gasteiger charge is 2.74. The molecule has 0 amide bonds. The predicted molar refractivity (Wildman–Crippen MR) is 299 cm³/mol. The van der Waals surface area contributed by atoms with Crippen LogP contribution in [0.4, 0.5) is 0 Å². The minimum atomic E-state index is -2.29. The maximum Gasteiger partial charge on any atom is 0.335 e. The van der Waals surface area contributed by atoms with Gasteiger partial charge in [-0.3, -0.25) is 4.79 Å². The first-order valence-electron chi connectivity index (χ1n) is 30.9. The second kappa shape index (κ2) is 25.4. The maximum atomic E-state index is 13.7. The fourth-order valence-corrected chi connectivity index (χ4v) is 17.5. The SMILES string of the molecule is CC=C(C)C(=O)OC1C(O)C(C)(C)CC2C3=CCC4C5(C)CCC(OC6OC(C(=O)O)C(O)C(OC7OC(CO)C(O)C(O)C7OC7OC(C)C(O)C(O)C7O)C6OC6OC(CO)C(O)C(O)C6O)C(C)(C)C5CCC4(C)C3(C)CC(O)C21COC(C)=O. The van der Waals surface area contributed by atoms with Gasteiger partial charge in [-0.1, -0.05) is 66.2 Å². The summed E-state index contributed by atoms with van der Waals surface area (Å²) in [7, 11) is 0. The van der Waals surface area contributed by atoms with Gasteiger partial charge in [0, 0.05) is 12.5 Å². The third-order valence-electron chi connectivity index (χ3n) is 23.0. The predicted octanol–water partition coefficient (Wildman–Crippen LogP) is -1.44. The van der Waals surface area contributed by atoms with E-state index in [9.17, 15) is 85.9 Å². The Morgan fingerprint density at radius 3 is 1.81 bits per heavy atom. The molecule has 0 radical (unpaired) electrons. The molecule has 31 atom stereocenters. The van der Waals surface area contributed by atoms with Crippen LogP contribution >= 0.6 is 0 Å². The van der Waals surface area contributed by atoms with Gasteiger partial charge in [0.25, 0.3) is 0 Å². The summed E-state index contributed by atoms with van der Waals surface area (Å²) in [5.74, 6) is -3.68. The molecule has 0 spiro atoms. The van der Waals surface area contributed by atoms with Crippen molar-refractivity contribution in [2.45, 2.75) is 268 Å². The Hall–Kier alpha value is -2.95. The van der Waals surface area contributed by atoms with Crippen LogP contribution in [0.5, 0.6) is 0 Å². The number of hydrogen-bond donors (Lipinski definition) is 14. The molecule has 88 heavy (non-hydrogen) atoms. The Balaban J connectivity index is 1.06. The van der Waals surface area contributed by atoms with Gasteiger partial charge in [0.2, 0.25) is 0 Å². The normalized spacial score (nSPS) is 50.9. The highest BCUT2D eigenvalue weighted by molar-refractivity contribution is 5.87. The molecule has 4 heterocycles. The van der Waals surface area contributed by atoms with Crippen molar-refractivity contribution in [3.8, 4) is 0 Å². The van der Waals surface area contributed by atoms with Crippen LogP contribution in [-0.4, -0.2) is 256 Å². The number of aliphatic hydroxyl groups is 13. The largest absolute Gasteiger partial charge is 0.479 e. The van der Waals surface area contributed by atoms with Crippen molar-refractivity contribution in [1.29, 1.82) is 0 Å². The molecule has 4 saturated heterocycles. The lowest BCUT2D eigenvalue weighted by atomic mass is 9.33. The molecule has 4 saturated carbocycles. The second-order valence-electron chi connectivity index (χ2n) is 28.5. The van der Waals surface area contributed by atoms with E-state index in [1.165, 1.54) is 13.8 Å². The average molecular weight is 1260 g/mol. The molecule has 0 bridgehead atoms. The zero-order valence-corrected chi connectivity index (χ0v) is 51.9. The number of allylic oxidation sites excluding steroid dienone is 3. The molecule has 5 aliphatic carbocycles. The molecule has 27 nitrogen and oxygen atoms in total. The molecular weight excluding hydrogens is 1160 g/mol. The van der Waals surface area contributed by atoms with E-state index in [0.717, 1.165) is 5.57 Å². The molecule has 8 fully saturated rings. The number of aliphatic hydroxyl groups excluding tert-OH is 13. The van der Waals surface area contributed by atoms with Crippen molar-refractivity contribution < 1.29 is 133 Å². The van der Waals surface area contributed by atoms with Gasteiger partial charge in [0.05, 0.1) is 43.0 Å². The molecule has 0 aromatic heterocycles. The van der Waals surface area contributed by atoms with E-state index in [-0.39, 0.29) is 24.9 Å². The molecule has 9 rings (SSSR count). The number of esters is 2. The molecule has 0 aromatic rings. The van der Waals surface area contributed by atoms with Crippen LogP contribution < -0.4 is 0 Å². The van der Waals surface area contributed by atoms with Crippen LogP contribution in [0.1, 0.15) is 121 Å². The summed E-state index contributed by atoms with van der Waals surface area (Å²) in [5.41, 5.74) is -3.38. The van der Waals surface area contributed by atoms with Gasteiger partial charge in [0.15, 0.2) is 31.3 Å². The van der Waals surface area contributed by atoms with Gasteiger partial charge in [-0.15, -0.1) is 0 Å². The molecule has 502 valence electrons. The number of rotatable bonds is 15. The van der Waals surface area contributed by atoms with Gasteiger partial charge in [-0.25, -0.2) is 9.59 Å². The number of aliphatic carboxylic acids is 1. The molecule has 14 N–H and O–H groups in total. The Morgan fingerprint density at radius 1 is 0.636 bits per heavy atom. The van der Waals surface area contributed by atoms with E-state index in [4.69, 9.17) is 47.4 Å². The zero-order valence-electron chi connectivity index (χ0n) is 51.9. The van der Waals surface area contributed by atoms with Crippen LogP contribution in [0.15, 0.2) is 23.3 Å². The van der Waals surface area contributed by atoms with Crippen molar-refractivity contribution >= 4 is 17.9 Å². The van der Waals surface area contributed by atoms with E-state index in [2.05, 4.69) is 26.8 Å². The Labute approximate surface area is 511 Å². The molecule has 0 aromatic carbocycles. The summed E-state index contributed by atoms with van der Waals surface area (Å²) < 4.78 is 61.2. The van der Waals surface area contributed by atoms with Gasteiger partial charge in [-0.05, 0) is 111 Å². The third kappa shape index (κ3) is 11.4. The van der Waals surface area contributed by atoms with Gasteiger partial charge < -0.3 is 119 Å². The highest BCUT2D eigenvalue weighted by Crippen LogP contribution is 2.76. The number of carbonyl (C=O) groups excluding carboxylic acids is 2. The summed E-state index contributed by atoms with van der Waals surface area (Å²) >= 11 is 0. The topological polar surface area (TPSA) is 427 Å². The monoisotopic (exact) mass is 1260 g/mol. The van der Waals surface area contributed by atoms with Gasteiger partial charge in [0.1, 0.15) is 98.2 Å². The van der Waals surface area contributed by atoms with Crippen LogP contribution in [0, 0.1) is 50.2 Å². The first-order valence-corrected chi connectivity index (χ1v) is 30.9. The van der Waals surface area contributed by atoms with Gasteiger partial charge >= 0.3 is 17.9 Å². The van der Waals surface area contributed by atoms with Crippen molar-refractivity contribution in [1.82, 2.24) is 0 Å². The second-order valence-corrected chi connectivity index (χ2v) is 28.5. The fourth-order valence-electron chi connectivity index (χ4n) is 17.5. The Kier molecular flexibility index (Phi) is 20.0. The molecular formula is C61H96O27. The first-order chi connectivity index (χ1) is 41.0. The average Bonchev–Trinajstić information content (AvgIpc) is 0.702. The summed E-state index contributed by atoms with van der Waals surface area (Å²) in [6.07, 6.45) is -35.6. The Bertz CT molecular complexity index is 2580. The molecule has 31 unspecified atom stereocenters. The van der Waals surface area contributed by atoms with E-state index in [1.54, 1.807) is 19.9 Å². The number of ether oxygens (including phenoxy) is 10. The number of carboxylic acids is 1. The number of fused-ring (bicyclic) bond motifs is 7. The zero-order chi connectivity index (χ0) is 65.0. The quantitative estimate of drug-likeness (QED) is 0.0386. The minimum Gasteiger partial charge on any atom is -0.479 e. The number of carboxylic acid groups (broad SMARTS) is 1. The van der Waals surface area contributed by atoms with E-state index in [0.29, 0.717) is 44.1 Å². The number of carbonyl (C=O) groups is 3. The Morgan fingerprint density at radius 2 is 1.20 bits per heavy atom. The van der Waals surface area contributed by atoms with Crippen molar-refractivity contribution in [3.63, 3.8) is 0 Å². The van der Waals surface area contributed by atoms with Crippen molar-refractivity contribution in [2.24, 2.45) is 50.2 Å². The third-order valence-corrected chi connectivity index (χ3v) is 23.0. The minimum absolute atomic E-state index is 0.0366. The highest BCUT2D eigenvalue weighted by atomic mass is 16.8. The van der Waals surface area contributed by atoms with Crippen LogP contribution in [-0.2, 0) is 61.8 Å².